The van der Waals surface area contributed by atoms with Gasteiger partial charge in [-0.2, -0.15) is 4.31 Å². The molecular formula is C21H23N3O3S. The highest BCUT2D eigenvalue weighted by atomic mass is 32.2. The highest BCUT2D eigenvalue weighted by molar-refractivity contribution is 7.89. The predicted octanol–water partition coefficient (Wildman–Crippen LogP) is 3.48. The summed E-state index contributed by atoms with van der Waals surface area (Å²) in [5.41, 5.74) is 2.27. The molecule has 0 spiro atoms. The fourth-order valence-electron chi connectivity index (χ4n) is 3.47. The Labute approximate surface area is 165 Å². The molecule has 2 aromatic heterocycles. The number of benzene rings is 1. The predicted molar refractivity (Wildman–Crippen MR) is 108 cm³/mol. The average Bonchev–Trinajstić information content (AvgIpc) is 2.69. The minimum atomic E-state index is -3.60. The standard InChI is InChI=1S/C21H23N3O3S/c1-15-7-9-19(14-22-15)27-18-10-12-24(13-11-18)28(25,26)20-5-3-4-17-8-6-16(2)23-21(17)20/h3-9,14,18H,10-13H2,1-2H3. The third-order valence-corrected chi connectivity index (χ3v) is 6.96. The molecule has 1 aromatic carbocycles. The van der Waals surface area contributed by atoms with E-state index in [4.69, 9.17) is 4.74 Å². The van der Waals surface area contributed by atoms with Gasteiger partial charge in [0.15, 0.2) is 0 Å². The van der Waals surface area contributed by atoms with Crippen molar-refractivity contribution in [2.24, 2.45) is 0 Å². The summed E-state index contributed by atoms with van der Waals surface area (Å²) in [6, 6.07) is 12.9. The van der Waals surface area contributed by atoms with Crippen LogP contribution in [0.3, 0.4) is 0 Å². The third-order valence-electron chi connectivity index (χ3n) is 5.03. The lowest BCUT2D eigenvalue weighted by atomic mass is 10.1. The summed E-state index contributed by atoms with van der Waals surface area (Å²) in [5, 5.41) is 0.830. The highest BCUT2D eigenvalue weighted by Crippen LogP contribution is 2.28. The van der Waals surface area contributed by atoms with Crippen LogP contribution in [0.15, 0.2) is 53.6 Å². The van der Waals surface area contributed by atoms with Crippen LogP contribution in [0.4, 0.5) is 0 Å². The number of ether oxygens (including phenoxy) is 1. The molecule has 1 saturated heterocycles. The van der Waals surface area contributed by atoms with Crippen molar-refractivity contribution in [3.8, 4) is 5.75 Å². The van der Waals surface area contributed by atoms with Gasteiger partial charge in [-0.3, -0.25) is 9.97 Å². The molecule has 1 aliphatic rings. The van der Waals surface area contributed by atoms with Gasteiger partial charge >= 0.3 is 0 Å². The first-order valence-corrected chi connectivity index (χ1v) is 10.8. The number of hydrogen-bond acceptors (Lipinski definition) is 5. The van der Waals surface area contributed by atoms with Crippen LogP contribution in [0, 0.1) is 13.8 Å². The molecule has 28 heavy (non-hydrogen) atoms. The number of sulfonamides is 1. The van der Waals surface area contributed by atoms with Crippen LogP contribution in [0.5, 0.6) is 5.75 Å². The molecule has 1 aliphatic heterocycles. The lowest BCUT2D eigenvalue weighted by molar-refractivity contribution is 0.134. The first-order chi connectivity index (χ1) is 13.4. The van der Waals surface area contributed by atoms with Gasteiger partial charge in [-0.1, -0.05) is 18.2 Å². The molecule has 0 saturated carbocycles. The molecule has 0 radical (unpaired) electrons. The van der Waals surface area contributed by atoms with Crippen LogP contribution in [0.1, 0.15) is 24.2 Å². The Morgan fingerprint density at radius 2 is 1.75 bits per heavy atom. The van der Waals surface area contributed by atoms with Gasteiger partial charge in [0.2, 0.25) is 10.0 Å². The van der Waals surface area contributed by atoms with Crippen LogP contribution >= 0.6 is 0 Å². The lowest BCUT2D eigenvalue weighted by Crippen LogP contribution is -2.41. The maximum atomic E-state index is 13.3. The number of aryl methyl sites for hydroxylation is 2. The molecule has 4 rings (SSSR count). The summed E-state index contributed by atoms with van der Waals surface area (Å²) < 4.78 is 34.0. The minimum Gasteiger partial charge on any atom is -0.489 e. The summed E-state index contributed by atoms with van der Waals surface area (Å²) in [6.07, 6.45) is 2.99. The topological polar surface area (TPSA) is 72.4 Å². The summed E-state index contributed by atoms with van der Waals surface area (Å²) in [6.45, 7) is 4.64. The normalized spacial score (nSPS) is 16.4. The average molecular weight is 398 g/mol. The van der Waals surface area contributed by atoms with E-state index in [1.165, 1.54) is 0 Å². The molecule has 0 N–H and O–H groups in total. The molecule has 3 heterocycles. The van der Waals surface area contributed by atoms with Gasteiger partial charge in [0.05, 0.1) is 11.7 Å². The largest absolute Gasteiger partial charge is 0.489 e. The van der Waals surface area contributed by atoms with Gasteiger partial charge in [0.1, 0.15) is 16.7 Å². The van der Waals surface area contributed by atoms with Crippen LogP contribution in [0.2, 0.25) is 0 Å². The number of piperidine rings is 1. The number of para-hydroxylation sites is 1. The van der Waals surface area contributed by atoms with Crippen molar-refractivity contribution in [2.75, 3.05) is 13.1 Å². The number of pyridine rings is 2. The summed E-state index contributed by atoms with van der Waals surface area (Å²) in [7, 11) is -3.60. The number of hydrogen-bond donors (Lipinski definition) is 0. The van der Waals surface area contributed by atoms with Crippen molar-refractivity contribution in [3.05, 3.63) is 60.0 Å². The fourth-order valence-corrected chi connectivity index (χ4v) is 5.10. The first kappa shape index (κ1) is 18.8. The van der Waals surface area contributed by atoms with E-state index in [-0.39, 0.29) is 11.0 Å². The SMILES string of the molecule is Cc1ccc(OC2CCN(S(=O)(=O)c3cccc4ccc(C)nc34)CC2)cn1. The van der Waals surface area contributed by atoms with E-state index in [9.17, 15) is 8.42 Å². The minimum absolute atomic E-state index is 0.0103. The molecule has 6 nitrogen and oxygen atoms in total. The molecule has 1 fully saturated rings. The number of rotatable bonds is 4. The van der Waals surface area contributed by atoms with Gasteiger partial charge in [0.25, 0.3) is 0 Å². The maximum absolute atomic E-state index is 13.3. The van der Waals surface area contributed by atoms with Gasteiger partial charge in [0, 0.05) is 29.9 Å². The number of aromatic nitrogens is 2. The van der Waals surface area contributed by atoms with Gasteiger partial charge in [-0.25, -0.2) is 8.42 Å². The lowest BCUT2D eigenvalue weighted by Gasteiger charge is -2.31. The summed E-state index contributed by atoms with van der Waals surface area (Å²) >= 11 is 0. The summed E-state index contributed by atoms with van der Waals surface area (Å²) in [5.74, 6) is 0.723. The second kappa shape index (κ2) is 7.48. The smallest absolute Gasteiger partial charge is 0.245 e. The van der Waals surface area contributed by atoms with E-state index in [2.05, 4.69) is 9.97 Å². The van der Waals surface area contributed by atoms with Gasteiger partial charge < -0.3 is 4.74 Å². The monoisotopic (exact) mass is 397 g/mol. The molecular weight excluding hydrogens is 374 g/mol. The first-order valence-electron chi connectivity index (χ1n) is 9.39. The van der Waals surface area contributed by atoms with Crippen molar-refractivity contribution >= 4 is 20.9 Å². The van der Waals surface area contributed by atoms with Gasteiger partial charge in [-0.05, 0) is 51.0 Å². The number of nitrogens with zero attached hydrogens (tertiary/aromatic N) is 3. The molecule has 0 unspecified atom stereocenters. The van der Waals surface area contributed by atoms with Crippen LogP contribution in [-0.4, -0.2) is 41.9 Å². The zero-order valence-corrected chi connectivity index (χ0v) is 16.8. The molecule has 7 heteroatoms. The molecule has 0 aliphatic carbocycles. The van der Waals surface area contributed by atoms with Crippen molar-refractivity contribution in [2.45, 2.75) is 37.7 Å². The number of fused-ring (bicyclic) bond motifs is 1. The fraction of sp³-hybridized carbons (Fsp3) is 0.333. The zero-order chi connectivity index (χ0) is 19.7. The molecule has 0 bridgehead atoms. The second-order valence-electron chi connectivity index (χ2n) is 7.14. The highest BCUT2D eigenvalue weighted by Gasteiger charge is 2.31. The Balaban J connectivity index is 1.51. The van der Waals surface area contributed by atoms with E-state index >= 15 is 0 Å². The van der Waals surface area contributed by atoms with Crippen LogP contribution in [-0.2, 0) is 10.0 Å². The van der Waals surface area contributed by atoms with Crippen molar-refractivity contribution < 1.29 is 13.2 Å². The van der Waals surface area contributed by atoms with Crippen molar-refractivity contribution in [3.63, 3.8) is 0 Å². The van der Waals surface area contributed by atoms with Crippen LogP contribution < -0.4 is 4.74 Å². The third kappa shape index (κ3) is 3.72. The van der Waals surface area contributed by atoms with E-state index < -0.39 is 10.0 Å². The van der Waals surface area contributed by atoms with E-state index in [0.717, 1.165) is 22.5 Å². The molecule has 146 valence electrons. The Kier molecular flexibility index (Phi) is 5.03. The van der Waals surface area contributed by atoms with Gasteiger partial charge in [-0.15, -0.1) is 0 Å². The Bertz CT molecular complexity index is 1090. The van der Waals surface area contributed by atoms with Crippen molar-refractivity contribution in [1.82, 2.24) is 14.3 Å². The Morgan fingerprint density at radius 3 is 2.46 bits per heavy atom. The zero-order valence-electron chi connectivity index (χ0n) is 16.0. The second-order valence-corrected chi connectivity index (χ2v) is 9.04. The van der Waals surface area contributed by atoms with Crippen molar-refractivity contribution in [1.29, 1.82) is 0 Å². The van der Waals surface area contributed by atoms with E-state index in [1.807, 2.05) is 44.2 Å². The molecule has 0 atom stereocenters. The van der Waals surface area contributed by atoms with E-state index in [0.29, 0.717) is 31.4 Å². The molecule has 0 amide bonds. The quantitative estimate of drug-likeness (QED) is 0.674. The summed E-state index contributed by atoms with van der Waals surface area (Å²) in [4.78, 5) is 8.99. The molecule has 3 aromatic rings. The Morgan fingerprint density at radius 1 is 1.00 bits per heavy atom. The maximum Gasteiger partial charge on any atom is 0.245 e. The Hall–Kier alpha value is -2.51. The van der Waals surface area contributed by atoms with E-state index in [1.54, 1.807) is 22.6 Å². The van der Waals surface area contributed by atoms with Crippen LogP contribution in [0.25, 0.3) is 10.9 Å².